The fourth-order valence-corrected chi connectivity index (χ4v) is 1.27. The van der Waals surface area contributed by atoms with E-state index in [9.17, 15) is 13.6 Å². The molecule has 0 atom stereocenters. The largest absolute Gasteiger partial charge is 0.298 e. The first kappa shape index (κ1) is 8.74. The normalized spacial score (nSPS) is 10.4. The van der Waals surface area contributed by atoms with Crippen molar-refractivity contribution in [3.63, 3.8) is 0 Å². The maximum absolute atomic E-state index is 13.4. The minimum absolute atomic E-state index is 0.0102. The lowest BCUT2D eigenvalue weighted by molar-refractivity contribution is 0.111. The van der Waals surface area contributed by atoms with Crippen molar-refractivity contribution in [2.45, 2.75) is 0 Å². The molecule has 0 saturated carbocycles. The molecule has 70 valence electrons. The van der Waals surface area contributed by atoms with Gasteiger partial charge in [0.1, 0.15) is 11.3 Å². The van der Waals surface area contributed by atoms with Crippen LogP contribution in [0.1, 0.15) is 10.4 Å². The van der Waals surface area contributed by atoms with Crippen LogP contribution < -0.4 is 0 Å². The van der Waals surface area contributed by atoms with E-state index in [1.165, 1.54) is 12.3 Å². The van der Waals surface area contributed by atoms with Crippen LogP contribution in [0.4, 0.5) is 8.78 Å². The number of carbonyl (C=O) groups is 1. The highest BCUT2D eigenvalue weighted by atomic mass is 19.1. The Hall–Kier alpha value is -1.84. The van der Waals surface area contributed by atoms with Gasteiger partial charge in [0.2, 0.25) is 0 Å². The number of benzene rings is 1. The van der Waals surface area contributed by atoms with Crippen molar-refractivity contribution < 1.29 is 13.6 Å². The highest BCUT2D eigenvalue weighted by Gasteiger charge is 2.12. The van der Waals surface area contributed by atoms with E-state index in [1.54, 1.807) is 6.07 Å². The number of hydrogen-bond acceptors (Lipinski definition) is 2. The molecule has 4 heteroatoms. The zero-order valence-electron chi connectivity index (χ0n) is 7.00. The number of halogens is 2. The third kappa shape index (κ3) is 1.16. The zero-order valence-corrected chi connectivity index (χ0v) is 7.00. The Kier molecular flexibility index (Phi) is 1.96. The Morgan fingerprint density at radius 3 is 2.86 bits per heavy atom. The van der Waals surface area contributed by atoms with Crippen LogP contribution in [0, 0.1) is 11.6 Å². The minimum Gasteiger partial charge on any atom is -0.298 e. The molecule has 0 bridgehead atoms. The predicted octanol–water partition coefficient (Wildman–Crippen LogP) is 2.33. The molecule has 2 aromatic rings. The van der Waals surface area contributed by atoms with E-state index in [4.69, 9.17) is 0 Å². The van der Waals surface area contributed by atoms with E-state index < -0.39 is 17.2 Å². The topological polar surface area (TPSA) is 30.0 Å². The van der Waals surface area contributed by atoms with Gasteiger partial charge in [0, 0.05) is 11.6 Å². The third-order valence-corrected chi connectivity index (χ3v) is 1.94. The molecule has 1 heterocycles. The Bertz CT molecular complexity index is 511. The number of fused-ring (bicyclic) bond motifs is 1. The van der Waals surface area contributed by atoms with Gasteiger partial charge in [-0.25, -0.2) is 8.78 Å². The molecule has 14 heavy (non-hydrogen) atoms. The highest BCUT2D eigenvalue weighted by molar-refractivity contribution is 5.87. The van der Waals surface area contributed by atoms with Crippen molar-refractivity contribution in [3.8, 4) is 0 Å². The smallest absolute Gasteiger partial charge is 0.162 e. The second-order valence-electron chi connectivity index (χ2n) is 2.78. The quantitative estimate of drug-likeness (QED) is 0.650. The summed E-state index contributed by atoms with van der Waals surface area (Å²) >= 11 is 0. The van der Waals surface area contributed by atoms with Gasteiger partial charge < -0.3 is 0 Å². The maximum atomic E-state index is 13.4. The summed E-state index contributed by atoms with van der Waals surface area (Å²) in [5.74, 6) is -1.77. The Labute approximate surface area is 78.2 Å². The summed E-state index contributed by atoms with van der Waals surface area (Å²) in [6.45, 7) is 0. The van der Waals surface area contributed by atoms with Crippen molar-refractivity contribution in [2.24, 2.45) is 0 Å². The first-order valence-corrected chi connectivity index (χ1v) is 3.92. The van der Waals surface area contributed by atoms with Gasteiger partial charge >= 0.3 is 0 Å². The summed E-state index contributed by atoms with van der Waals surface area (Å²) in [7, 11) is 0. The van der Waals surface area contributed by atoms with Crippen LogP contribution in [0.2, 0.25) is 0 Å². The van der Waals surface area contributed by atoms with Crippen LogP contribution in [-0.4, -0.2) is 11.3 Å². The highest BCUT2D eigenvalue weighted by Crippen LogP contribution is 2.20. The monoisotopic (exact) mass is 193 g/mol. The average Bonchev–Trinajstić information content (AvgIpc) is 2.18. The summed E-state index contributed by atoms with van der Waals surface area (Å²) in [6, 6.07) is 4.19. The lowest BCUT2D eigenvalue weighted by Crippen LogP contribution is -1.96. The Balaban J connectivity index is 2.92. The minimum atomic E-state index is -0.907. The summed E-state index contributed by atoms with van der Waals surface area (Å²) < 4.78 is 26.5. The molecule has 0 radical (unpaired) electrons. The molecule has 0 unspecified atom stereocenters. The number of carbonyl (C=O) groups excluding carboxylic acids is 1. The fourth-order valence-electron chi connectivity index (χ4n) is 1.27. The standard InChI is InChI=1S/C10H5F2NO/c11-8-4-6-2-1-3-13-10(6)9(12)7(8)5-14/h1-5H. The van der Waals surface area contributed by atoms with E-state index in [0.717, 1.165) is 6.07 Å². The molecule has 1 aromatic heterocycles. The molecule has 0 fully saturated rings. The van der Waals surface area contributed by atoms with Gasteiger partial charge in [-0.05, 0) is 12.1 Å². The van der Waals surface area contributed by atoms with E-state index in [-0.39, 0.29) is 11.8 Å². The van der Waals surface area contributed by atoms with Gasteiger partial charge in [-0.3, -0.25) is 9.78 Å². The molecule has 2 nitrogen and oxygen atoms in total. The van der Waals surface area contributed by atoms with Crippen LogP contribution in [0.3, 0.4) is 0 Å². The summed E-state index contributed by atoms with van der Waals surface area (Å²) in [6.07, 6.45) is 1.54. The molecule has 0 N–H and O–H groups in total. The van der Waals surface area contributed by atoms with Gasteiger partial charge in [0.05, 0.1) is 5.56 Å². The molecular weight excluding hydrogens is 188 g/mol. The number of aromatic nitrogens is 1. The lowest BCUT2D eigenvalue weighted by atomic mass is 10.1. The van der Waals surface area contributed by atoms with Gasteiger partial charge in [0.15, 0.2) is 12.1 Å². The fraction of sp³-hybridized carbons (Fsp3) is 0. The van der Waals surface area contributed by atoms with Crippen LogP contribution in [0.5, 0.6) is 0 Å². The molecule has 0 aliphatic carbocycles. The van der Waals surface area contributed by atoms with E-state index in [2.05, 4.69) is 4.98 Å². The van der Waals surface area contributed by atoms with Crippen molar-refractivity contribution in [1.82, 2.24) is 4.98 Å². The number of rotatable bonds is 1. The number of nitrogens with zero attached hydrogens (tertiary/aromatic N) is 1. The molecule has 2 rings (SSSR count). The molecule has 0 aliphatic rings. The summed E-state index contributed by atoms with van der Waals surface area (Å²) in [5, 5.41) is 0.341. The molecule has 0 spiro atoms. The number of pyridine rings is 1. The van der Waals surface area contributed by atoms with Crippen LogP contribution in [0.15, 0.2) is 24.4 Å². The van der Waals surface area contributed by atoms with Gasteiger partial charge in [-0.15, -0.1) is 0 Å². The van der Waals surface area contributed by atoms with E-state index >= 15 is 0 Å². The van der Waals surface area contributed by atoms with Crippen molar-refractivity contribution >= 4 is 17.2 Å². The van der Waals surface area contributed by atoms with Crippen molar-refractivity contribution in [1.29, 1.82) is 0 Å². The number of aldehydes is 1. The molecule has 1 aromatic carbocycles. The molecule has 0 amide bonds. The summed E-state index contributed by atoms with van der Waals surface area (Å²) in [5.41, 5.74) is -0.563. The van der Waals surface area contributed by atoms with E-state index in [1.807, 2.05) is 0 Å². The van der Waals surface area contributed by atoms with Gasteiger partial charge in [-0.2, -0.15) is 0 Å². The van der Waals surface area contributed by atoms with Crippen molar-refractivity contribution in [3.05, 3.63) is 41.6 Å². The van der Waals surface area contributed by atoms with Crippen molar-refractivity contribution in [2.75, 3.05) is 0 Å². The van der Waals surface area contributed by atoms with Crippen LogP contribution >= 0.6 is 0 Å². The second kappa shape index (κ2) is 3.14. The Morgan fingerprint density at radius 1 is 1.36 bits per heavy atom. The van der Waals surface area contributed by atoms with E-state index in [0.29, 0.717) is 5.39 Å². The van der Waals surface area contributed by atoms with Gasteiger partial charge in [0.25, 0.3) is 0 Å². The number of hydrogen-bond donors (Lipinski definition) is 0. The average molecular weight is 193 g/mol. The molecular formula is C10H5F2NO. The third-order valence-electron chi connectivity index (χ3n) is 1.94. The molecule has 0 saturated heterocycles. The zero-order chi connectivity index (χ0) is 10.1. The van der Waals surface area contributed by atoms with Crippen LogP contribution in [-0.2, 0) is 0 Å². The lowest BCUT2D eigenvalue weighted by Gasteiger charge is -2.01. The van der Waals surface area contributed by atoms with Crippen LogP contribution in [0.25, 0.3) is 10.9 Å². The molecule has 0 aliphatic heterocycles. The second-order valence-corrected chi connectivity index (χ2v) is 2.78. The first-order valence-electron chi connectivity index (χ1n) is 3.92. The predicted molar refractivity (Wildman–Crippen MR) is 47.0 cm³/mol. The van der Waals surface area contributed by atoms with Gasteiger partial charge in [-0.1, -0.05) is 6.07 Å². The first-order chi connectivity index (χ1) is 6.74. The SMILES string of the molecule is O=Cc1c(F)cc2cccnc2c1F. The Morgan fingerprint density at radius 2 is 2.14 bits per heavy atom. The summed E-state index contributed by atoms with van der Waals surface area (Å²) in [4.78, 5) is 14.1. The maximum Gasteiger partial charge on any atom is 0.162 e.